The molecule has 0 saturated heterocycles. The Labute approximate surface area is 155 Å². The maximum atomic E-state index is 12.6. The molecule has 2 rings (SSSR count). The minimum Gasteiger partial charge on any atom is -0.494 e. The second-order valence-electron chi connectivity index (χ2n) is 6.08. The average molecular weight is 382 g/mol. The molecule has 4 nitrogen and oxygen atoms in total. The van der Waals surface area contributed by atoms with Crippen LogP contribution in [0.1, 0.15) is 24.0 Å². The van der Waals surface area contributed by atoms with Crippen LogP contribution in [0.4, 0.5) is 0 Å². The maximum absolute atomic E-state index is 12.6. The summed E-state index contributed by atoms with van der Waals surface area (Å²) in [7, 11) is -1.83. The highest BCUT2D eigenvalue weighted by atomic mass is 35.5. The number of unbranched alkanes of at least 4 members (excludes halogenated alkanes) is 1. The van der Waals surface area contributed by atoms with E-state index in [1.165, 1.54) is 4.31 Å². The normalized spacial score (nSPS) is 11.7. The molecule has 0 saturated carbocycles. The average Bonchev–Trinajstić information content (AvgIpc) is 2.58. The summed E-state index contributed by atoms with van der Waals surface area (Å²) >= 11 is 5.82. The lowest BCUT2D eigenvalue weighted by Gasteiger charge is -2.18. The maximum Gasteiger partial charge on any atom is 0.242 e. The van der Waals surface area contributed by atoms with Crippen molar-refractivity contribution in [3.63, 3.8) is 0 Å². The van der Waals surface area contributed by atoms with E-state index in [1.807, 2.05) is 32.0 Å². The monoisotopic (exact) mass is 381 g/mol. The zero-order valence-corrected chi connectivity index (χ0v) is 16.4. The first-order valence-corrected chi connectivity index (χ1v) is 10.0. The fourth-order valence-corrected chi connectivity index (χ4v) is 3.75. The molecule has 2 aromatic rings. The van der Waals surface area contributed by atoms with Crippen molar-refractivity contribution in [1.29, 1.82) is 0 Å². The van der Waals surface area contributed by atoms with E-state index >= 15 is 0 Å². The lowest BCUT2D eigenvalue weighted by molar-refractivity contribution is 0.300. The van der Waals surface area contributed by atoms with E-state index in [4.69, 9.17) is 16.3 Å². The van der Waals surface area contributed by atoms with Gasteiger partial charge in [0.25, 0.3) is 0 Å². The number of nitrogens with zero attached hydrogens (tertiary/aromatic N) is 1. The van der Waals surface area contributed by atoms with E-state index in [-0.39, 0.29) is 0 Å². The molecule has 0 fully saturated rings. The summed E-state index contributed by atoms with van der Waals surface area (Å²) in [5.74, 6) is 0.764. The SMILES string of the molecule is Cc1ccc(S(=O)(=O)N(C)CCCCOc2ccc(Cl)cc2)cc1C. The highest BCUT2D eigenvalue weighted by Crippen LogP contribution is 2.19. The lowest BCUT2D eigenvalue weighted by Crippen LogP contribution is -2.28. The van der Waals surface area contributed by atoms with Gasteiger partial charge in [-0.1, -0.05) is 17.7 Å². The van der Waals surface area contributed by atoms with Crippen LogP contribution in [0.15, 0.2) is 47.4 Å². The Morgan fingerprint density at radius 2 is 1.68 bits per heavy atom. The van der Waals surface area contributed by atoms with Crippen molar-refractivity contribution in [3.05, 3.63) is 58.6 Å². The first-order valence-electron chi connectivity index (χ1n) is 8.22. The molecular weight excluding hydrogens is 358 g/mol. The predicted octanol–water partition coefficient (Wildman–Crippen LogP) is 4.44. The lowest BCUT2D eigenvalue weighted by atomic mass is 10.1. The molecule has 0 spiro atoms. The Morgan fingerprint density at radius 3 is 2.32 bits per heavy atom. The first-order chi connectivity index (χ1) is 11.8. The van der Waals surface area contributed by atoms with Gasteiger partial charge in [0.05, 0.1) is 11.5 Å². The largest absolute Gasteiger partial charge is 0.494 e. The van der Waals surface area contributed by atoms with E-state index < -0.39 is 10.0 Å². The summed E-state index contributed by atoms with van der Waals surface area (Å²) in [5.41, 5.74) is 2.06. The van der Waals surface area contributed by atoms with E-state index in [2.05, 4.69) is 0 Å². The van der Waals surface area contributed by atoms with Crippen molar-refractivity contribution in [1.82, 2.24) is 4.31 Å². The standard InChI is InChI=1S/C19H24ClNO3S/c1-15-6-11-19(14-16(15)2)25(22,23)21(3)12-4-5-13-24-18-9-7-17(20)8-10-18/h6-11,14H,4-5,12-13H2,1-3H3. The van der Waals surface area contributed by atoms with Gasteiger partial charge in [-0.25, -0.2) is 12.7 Å². The van der Waals surface area contributed by atoms with Gasteiger partial charge in [0.15, 0.2) is 0 Å². The van der Waals surface area contributed by atoms with Crippen molar-refractivity contribution in [2.75, 3.05) is 20.2 Å². The van der Waals surface area contributed by atoms with Gasteiger partial charge in [0, 0.05) is 18.6 Å². The van der Waals surface area contributed by atoms with Gasteiger partial charge in [0.1, 0.15) is 5.75 Å². The molecule has 0 radical (unpaired) electrons. The summed E-state index contributed by atoms with van der Waals surface area (Å²) in [6, 6.07) is 12.4. The number of benzene rings is 2. The molecular formula is C19H24ClNO3S. The van der Waals surface area contributed by atoms with Crippen LogP contribution in [-0.4, -0.2) is 32.9 Å². The highest BCUT2D eigenvalue weighted by molar-refractivity contribution is 7.89. The molecule has 0 bridgehead atoms. The molecule has 136 valence electrons. The molecule has 0 aliphatic heterocycles. The number of hydrogen-bond donors (Lipinski definition) is 0. The molecule has 0 aliphatic carbocycles. The number of halogens is 1. The highest BCUT2D eigenvalue weighted by Gasteiger charge is 2.20. The third kappa shape index (κ3) is 5.46. The van der Waals surface area contributed by atoms with Crippen LogP contribution in [0.5, 0.6) is 5.75 Å². The summed E-state index contributed by atoms with van der Waals surface area (Å²) < 4.78 is 32.2. The van der Waals surface area contributed by atoms with Crippen molar-refractivity contribution in [2.24, 2.45) is 0 Å². The summed E-state index contributed by atoms with van der Waals surface area (Å²) in [4.78, 5) is 0.343. The van der Waals surface area contributed by atoms with Gasteiger partial charge in [-0.15, -0.1) is 0 Å². The quantitative estimate of drug-likeness (QED) is 0.635. The summed E-state index contributed by atoms with van der Waals surface area (Å²) in [6.07, 6.45) is 1.50. The Kier molecular flexibility index (Phi) is 6.87. The second-order valence-corrected chi connectivity index (χ2v) is 8.56. The first kappa shape index (κ1) is 19.8. The molecule has 0 N–H and O–H groups in total. The summed E-state index contributed by atoms with van der Waals surface area (Å²) in [6.45, 7) is 4.89. The van der Waals surface area contributed by atoms with Gasteiger partial charge >= 0.3 is 0 Å². The fraction of sp³-hybridized carbons (Fsp3) is 0.368. The molecule has 0 heterocycles. The van der Waals surface area contributed by atoms with Gasteiger partial charge in [-0.2, -0.15) is 0 Å². The minimum absolute atomic E-state index is 0.343. The number of aryl methyl sites for hydroxylation is 2. The van der Waals surface area contributed by atoms with Crippen LogP contribution in [0, 0.1) is 13.8 Å². The van der Waals surface area contributed by atoms with Gasteiger partial charge < -0.3 is 4.74 Å². The molecule has 25 heavy (non-hydrogen) atoms. The van der Waals surface area contributed by atoms with E-state index in [0.717, 1.165) is 29.7 Å². The second kappa shape index (κ2) is 8.70. The van der Waals surface area contributed by atoms with E-state index in [9.17, 15) is 8.42 Å². The van der Waals surface area contributed by atoms with Crippen molar-refractivity contribution < 1.29 is 13.2 Å². The molecule has 0 aliphatic rings. The Hall–Kier alpha value is -1.56. The Morgan fingerprint density at radius 1 is 1.00 bits per heavy atom. The molecule has 0 amide bonds. The van der Waals surface area contributed by atoms with Crippen molar-refractivity contribution in [3.8, 4) is 5.75 Å². The summed E-state index contributed by atoms with van der Waals surface area (Å²) in [5, 5.41) is 0.672. The Balaban J connectivity index is 1.81. The number of rotatable bonds is 8. The van der Waals surface area contributed by atoms with Crippen molar-refractivity contribution >= 4 is 21.6 Å². The molecule has 0 unspecified atom stereocenters. The van der Waals surface area contributed by atoms with Crippen LogP contribution < -0.4 is 4.74 Å². The Bertz CT molecular complexity index is 804. The number of hydrogen-bond acceptors (Lipinski definition) is 3. The van der Waals surface area contributed by atoms with Crippen LogP contribution in [0.3, 0.4) is 0 Å². The third-order valence-corrected chi connectivity index (χ3v) is 6.24. The molecule has 0 atom stereocenters. The minimum atomic E-state index is -3.44. The van der Waals surface area contributed by atoms with Gasteiger partial charge in [-0.3, -0.25) is 0 Å². The number of ether oxygens (including phenoxy) is 1. The molecule has 0 aromatic heterocycles. The zero-order chi connectivity index (χ0) is 18.4. The van der Waals surface area contributed by atoms with Crippen LogP contribution >= 0.6 is 11.6 Å². The zero-order valence-electron chi connectivity index (χ0n) is 14.8. The van der Waals surface area contributed by atoms with Crippen LogP contribution in [0.25, 0.3) is 0 Å². The predicted molar refractivity (Wildman–Crippen MR) is 102 cm³/mol. The smallest absolute Gasteiger partial charge is 0.242 e. The third-order valence-electron chi connectivity index (χ3n) is 4.14. The van der Waals surface area contributed by atoms with E-state index in [1.54, 1.807) is 31.3 Å². The fourth-order valence-electron chi connectivity index (χ4n) is 2.33. The van der Waals surface area contributed by atoms with Gasteiger partial charge in [-0.05, 0) is 74.2 Å². The van der Waals surface area contributed by atoms with Crippen LogP contribution in [-0.2, 0) is 10.0 Å². The van der Waals surface area contributed by atoms with Crippen LogP contribution in [0.2, 0.25) is 5.02 Å². The molecule has 2 aromatic carbocycles. The topological polar surface area (TPSA) is 46.6 Å². The number of sulfonamides is 1. The van der Waals surface area contributed by atoms with Crippen molar-refractivity contribution in [2.45, 2.75) is 31.6 Å². The molecule has 6 heteroatoms. The van der Waals surface area contributed by atoms with Gasteiger partial charge in [0.2, 0.25) is 10.0 Å². The van der Waals surface area contributed by atoms with E-state index in [0.29, 0.717) is 23.1 Å².